The maximum atomic E-state index is 14.6. The second kappa shape index (κ2) is 15.2. The van der Waals surface area contributed by atoms with Crippen molar-refractivity contribution in [3.63, 3.8) is 0 Å². The van der Waals surface area contributed by atoms with Gasteiger partial charge in [0.15, 0.2) is 0 Å². The molecule has 45 heavy (non-hydrogen) atoms. The minimum absolute atomic E-state index is 0.0293. The van der Waals surface area contributed by atoms with Crippen LogP contribution in [0.25, 0.3) is 0 Å². The first-order valence-corrected chi connectivity index (χ1v) is 16.8. The van der Waals surface area contributed by atoms with Crippen LogP contribution in [0, 0.1) is 13.8 Å². The zero-order valence-electron chi connectivity index (χ0n) is 26.1. The standard InChI is InChI=1S/C36H40ClN3O4S/c1-5-28(4)38-36(42)34(23-29-14-7-6-8-15-29)39(24-30-16-10-9-13-27(30)3)35(41)25-40(33-18-12-11-17-32(33)37)45(43,44)31-21-19-26(2)20-22-31/h6-22,28,34H,5,23-25H2,1-4H3,(H,38,42)/t28-,34+/m1/s1. The summed E-state index contributed by atoms with van der Waals surface area (Å²) >= 11 is 6.55. The van der Waals surface area contributed by atoms with Gasteiger partial charge >= 0.3 is 0 Å². The van der Waals surface area contributed by atoms with Gasteiger partial charge in [-0.3, -0.25) is 13.9 Å². The summed E-state index contributed by atoms with van der Waals surface area (Å²) in [6.07, 6.45) is 0.960. The summed E-state index contributed by atoms with van der Waals surface area (Å²) in [5, 5.41) is 3.24. The summed E-state index contributed by atoms with van der Waals surface area (Å²) in [4.78, 5) is 30.0. The van der Waals surface area contributed by atoms with Crippen molar-refractivity contribution in [2.75, 3.05) is 10.8 Å². The molecule has 7 nitrogen and oxygen atoms in total. The van der Waals surface area contributed by atoms with E-state index in [2.05, 4.69) is 5.32 Å². The van der Waals surface area contributed by atoms with Crippen LogP contribution in [0.4, 0.5) is 5.69 Å². The smallest absolute Gasteiger partial charge is 0.264 e. The normalized spacial score (nSPS) is 12.6. The number of nitrogens with zero attached hydrogens (tertiary/aromatic N) is 2. The van der Waals surface area contributed by atoms with Gasteiger partial charge in [-0.25, -0.2) is 8.42 Å². The molecule has 0 saturated carbocycles. The summed E-state index contributed by atoms with van der Waals surface area (Å²) in [5.74, 6) is -0.838. The molecule has 0 spiro atoms. The van der Waals surface area contributed by atoms with Gasteiger partial charge in [-0.2, -0.15) is 0 Å². The molecule has 0 aliphatic heterocycles. The van der Waals surface area contributed by atoms with E-state index in [0.29, 0.717) is 6.42 Å². The fourth-order valence-electron chi connectivity index (χ4n) is 4.97. The molecule has 4 aromatic carbocycles. The number of nitrogens with one attached hydrogen (secondary N) is 1. The highest BCUT2D eigenvalue weighted by atomic mass is 35.5. The Labute approximate surface area is 271 Å². The Kier molecular flexibility index (Phi) is 11.4. The molecule has 0 aromatic heterocycles. The zero-order chi connectivity index (χ0) is 32.6. The first-order valence-electron chi connectivity index (χ1n) is 15.0. The summed E-state index contributed by atoms with van der Waals surface area (Å²) in [6, 6.07) is 29.1. The number of para-hydroxylation sites is 1. The number of amides is 2. The highest BCUT2D eigenvalue weighted by Crippen LogP contribution is 2.31. The molecule has 0 aliphatic carbocycles. The number of rotatable bonds is 13. The highest BCUT2D eigenvalue weighted by Gasteiger charge is 2.35. The number of carbonyl (C=O) groups excluding carboxylic acids is 2. The fraction of sp³-hybridized carbons (Fsp3) is 0.278. The van der Waals surface area contributed by atoms with Crippen molar-refractivity contribution >= 4 is 39.1 Å². The molecule has 4 aromatic rings. The van der Waals surface area contributed by atoms with Crippen LogP contribution >= 0.6 is 11.6 Å². The van der Waals surface area contributed by atoms with Crippen LogP contribution in [0.1, 0.15) is 42.5 Å². The van der Waals surface area contributed by atoms with Gasteiger partial charge in [-0.1, -0.05) is 103 Å². The van der Waals surface area contributed by atoms with Gasteiger partial charge < -0.3 is 10.2 Å². The molecule has 4 rings (SSSR count). The average Bonchev–Trinajstić information content (AvgIpc) is 3.03. The first kappa shape index (κ1) is 33.7. The van der Waals surface area contributed by atoms with E-state index in [9.17, 15) is 18.0 Å². The first-order chi connectivity index (χ1) is 21.5. The molecule has 0 bridgehead atoms. The van der Waals surface area contributed by atoms with Gasteiger partial charge in [0.25, 0.3) is 10.0 Å². The molecule has 2 amide bonds. The number of carbonyl (C=O) groups is 2. The van der Waals surface area contributed by atoms with E-state index in [-0.39, 0.29) is 40.5 Å². The van der Waals surface area contributed by atoms with Crippen LogP contribution in [0.15, 0.2) is 108 Å². The molecule has 0 aliphatic rings. The van der Waals surface area contributed by atoms with Crippen LogP contribution in [0.3, 0.4) is 0 Å². The summed E-state index contributed by atoms with van der Waals surface area (Å²) in [6.45, 7) is 7.25. The minimum atomic E-state index is -4.23. The van der Waals surface area contributed by atoms with Gasteiger partial charge in [0, 0.05) is 19.0 Å². The van der Waals surface area contributed by atoms with Crippen molar-refractivity contribution in [3.05, 3.63) is 130 Å². The van der Waals surface area contributed by atoms with Crippen LogP contribution in [0.5, 0.6) is 0 Å². The number of hydrogen-bond donors (Lipinski definition) is 1. The SMILES string of the molecule is CC[C@@H](C)NC(=O)[C@H](Cc1ccccc1)N(Cc1ccccc1C)C(=O)CN(c1ccccc1Cl)S(=O)(=O)c1ccc(C)cc1. The second-order valence-corrected chi connectivity index (χ2v) is 13.5. The Hall–Kier alpha value is -4.14. The molecule has 0 fully saturated rings. The van der Waals surface area contributed by atoms with E-state index < -0.39 is 28.5 Å². The van der Waals surface area contributed by atoms with E-state index in [1.54, 1.807) is 36.4 Å². The Balaban J connectivity index is 1.83. The third-order valence-corrected chi connectivity index (χ3v) is 9.98. The number of benzene rings is 4. The fourth-order valence-corrected chi connectivity index (χ4v) is 6.69. The van der Waals surface area contributed by atoms with E-state index >= 15 is 0 Å². The Morgan fingerprint density at radius 1 is 0.844 bits per heavy atom. The maximum Gasteiger partial charge on any atom is 0.264 e. The molecule has 0 saturated heterocycles. The van der Waals surface area contributed by atoms with Crippen molar-refractivity contribution in [2.24, 2.45) is 0 Å². The van der Waals surface area contributed by atoms with Gasteiger partial charge in [0.05, 0.1) is 15.6 Å². The Morgan fingerprint density at radius 2 is 1.47 bits per heavy atom. The second-order valence-electron chi connectivity index (χ2n) is 11.2. The van der Waals surface area contributed by atoms with Crippen molar-refractivity contribution in [3.8, 4) is 0 Å². The summed E-state index contributed by atoms with van der Waals surface area (Å²) in [5.41, 5.74) is 3.75. The molecule has 236 valence electrons. The number of hydrogen-bond acceptors (Lipinski definition) is 4. The third-order valence-electron chi connectivity index (χ3n) is 7.88. The van der Waals surface area contributed by atoms with Crippen LogP contribution in [0.2, 0.25) is 5.02 Å². The number of halogens is 1. The lowest BCUT2D eigenvalue weighted by molar-refractivity contribution is -0.140. The molecule has 0 unspecified atom stereocenters. The highest BCUT2D eigenvalue weighted by molar-refractivity contribution is 7.92. The topological polar surface area (TPSA) is 86.8 Å². The van der Waals surface area contributed by atoms with Crippen molar-refractivity contribution in [1.82, 2.24) is 10.2 Å². The quantitative estimate of drug-likeness (QED) is 0.175. The molecular formula is C36H40ClN3O4S. The van der Waals surface area contributed by atoms with Gasteiger partial charge in [-0.05, 0) is 68.1 Å². The maximum absolute atomic E-state index is 14.6. The minimum Gasteiger partial charge on any atom is -0.352 e. The lowest BCUT2D eigenvalue weighted by Gasteiger charge is -2.34. The predicted octanol–water partition coefficient (Wildman–Crippen LogP) is 6.71. The molecule has 0 radical (unpaired) electrons. The molecule has 2 atom stereocenters. The van der Waals surface area contributed by atoms with Crippen LogP contribution in [-0.4, -0.2) is 43.8 Å². The summed E-state index contributed by atoms with van der Waals surface area (Å²) in [7, 11) is -4.23. The molecular weight excluding hydrogens is 606 g/mol. The lowest BCUT2D eigenvalue weighted by Crippen LogP contribution is -2.54. The lowest BCUT2D eigenvalue weighted by atomic mass is 10.0. The average molecular weight is 646 g/mol. The van der Waals surface area contributed by atoms with Gasteiger partial charge in [0.1, 0.15) is 12.6 Å². The summed E-state index contributed by atoms with van der Waals surface area (Å²) < 4.78 is 29.4. The van der Waals surface area contributed by atoms with Crippen LogP contribution < -0.4 is 9.62 Å². The van der Waals surface area contributed by atoms with Gasteiger partial charge in [-0.15, -0.1) is 0 Å². The van der Waals surface area contributed by atoms with Crippen molar-refractivity contribution in [1.29, 1.82) is 0 Å². The van der Waals surface area contributed by atoms with E-state index in [1.165, 1.54) is 17.0 Å². The van der Waals surface area contributed by atoms with Crippen molar-refractivity contribution < 1.29 is 18.0 Å². The van der Waals surface area contributed by atoms with Crippen molar-refractivity contribution in [2.45, 2.75) is 64.1 Å². The Bertz CT molecular complexity index is 1710. The zero-order valence-corrected chi connectivity index (χ0v) is 27.7. The van der Waals surface area contributed by atoms with Crippen LogP contribution in [-0.2, 0) is 32.6 Å². The predicted molar refractivity (Wildman–Crippen MR) is 181 cm³/mol. The number of aryl methyl sites for hydroxylation is 2. The number of sulfonamides is 1. The molecule has 0 heterocycles. The third kappa shape index (κ3) is 8.53. The van der Waals surface area contributed by atoms with E-state index in [4.69, 9.17) is 11.6 Å². The van der Waals surface area contributed by atoms with Gasteiger partial charge in [0.2, 0.25) is 11.8 Å². The van der Waals surface area contributed by atoms with E-state index in [1.807, 2.05) is 82.3 Å². The largest absolute Gasteiger partial charge is 0.352 e. The molecule has 1 N–H and O–H groups in total. The van der Waals surface area contributed by atoms with E-state index in [0.717, 1.165) is 26.6 Å². The Morgan fingerprint density at radius 3 is 2.11 bits per heavy atom. The monoisotopic (exact) mass is 645 g/mol. The molecule has 9 heteroatoms. The number of anilines is 1.